The lowest BCUT2D eigenvalue weighted by Gasteiger charge is -2.27. The van der Waals surface area contributed by atoms with Gasteiger partial charge in [0, 0.05) is 17.1 Å². The van der Waals surface area contributed by atoms with Crippen molar-refractivity contribution in [3.63, 3.8) is 0 Å². The van der Waals surface area contributed by atoms with Gasteiger partial charge in [0.2, 0.25) is 5.91 Å². The maximum atomic E-state index is 12.4. The molecule has 1 amide bonds. The summed E-state index contributed by atoms with van der Waals surface area (Å²) in [6.45, 7) is 4.65. The molecular weight excluding hydrogens is 304 g/mol. The second-order valence-electron chi connectivity index (χ2n) is 5.59. The molecule has 4 heteroatoms. The lowest BCUT2D eigenvalue weighted by Crippen LogP contribution is -2.47. The third-order valence-corrected chi connectivity index (χ3v) is 4.07. The maximum Gasteiger partial charge on any atom is 0.240 e. The summed E-state index contributed by atoms with van der Waals surface area (Å²) < 4.78 is 1.06. The van der Waals surface area contributed by atoms with Crippen LogP contribution in [0.25, 0.3) is 0 Å². The molecule has 3 nitrogen and oxygen atoms in total. The summed E-state index contributed by atoms with van der Waals surface area (Å²) in [7, 11) is 0. The molecule has 104 valence electrons. The van der Waals surface area contributed by atoms with Crippen LogP contribution in [0.15, 0.2) is 28.7 Å². The summed E-state index contributed by atoms with van der Waals surface area (Å²) in [6, 6.07) is 8.11. The van der Waals surface area contributed by atoms with Gasteiger partial charge in [-0.3, -0.25) is 4.79 Å². The molecule has 1 aliphatic carbocycles. The molecule has 0 saturated heterocycles. The molecule has 1 atom stereocenters. The number of amides is 1. The van der Waals surface area contributed by atoms with E-state index in [4.69, 9.17) is 5.73 Å². The highest BCUT2D eigenvalue weighted by Crippen LogP contribution is 2.29. The number of nitrogens with two attached hydrogens (primary N) is 1. The van der Waals surface area contributed by atoms with Crippen LogP contribution in [0.3, 0.4) is 0 Å². The normalized spacial score (nSPS) is 16.5. The van der Waals surface area contributed by atoms with E-state index in [1.165, 1.54) is 0 Å². The van der Waals surface area contributed by atoms with Gasteiger partial charge in [-0.15, -0.1) is 0 Å². The third-order valence-electron chi connectivity index (χ3n) is 3.54. The van der Waals surface area contributed by atoms with Crippen LogP contribution in [-0.4, -0.2) is 22.9 Å². The first kappa shape index (κ1) is 14.5. The molecule has 19 heavy (non-hydrogen) atoms. The van der Waals surface area contributed by atoms with E-state index in [0.717, 1.165) is 22.9 Å². The van der Waals surface area contributed by atoms with Crippen molar-refractivity contribution < 1.29 is 4.79 Å². The van der Waals surface area contributed by atoms with Gasteiger partial charge in [-0.1, -0.05) is 41.9 Å². The van der Waals surface area contributed by atoms with Crippen molar-refractivity contribution in [3.05, 3.63) is 34.3 Å². The average Bonchev–Trinajstić information content (AvgIpc) is 3.20. The lowest BCUT2D eigenvalue weighted by atomic mass is 10.0. The van der Waals surface area contributed by atoms with Crippen LogP contribution in [-0.2, 0) is 11.3 Å². The van der Waals surface area contributed by atoms with Crippen LogP contribution in [0.2, 0.25) is 0 Å². The van der Waals surface area contributed by atoms with Gasteiger partial charge >= 0.3 is 0 Å². The van der Waals surface area contributed by atoms with E-state index in [2.05, 4.69) is 15.9 Å². The average molecular weight is 325 g/mol. The van der Waals surface area contributed by atoms with E-state index >= 15 is 0 Å². The monoisotopic (exact) mass is 324 g/mol. The Labute approximate surface area is 123 Å². The predicted molar refractivity (Wildman–Crippen MR) is 80.5 cm³/mol. The lowest BCUT2D eigenvalue weighted by molar-refractivity contribution is -0.134. The van der Waals surface area contributed by atoms with E-state index in [0.29, 0.717) is 12.6 Å². The van der Waals surface area contributed by atoms with Crippen molar-refractivity contribution in [2.24, 2.45) is 11.7 Å². The summed E-state index contributed by atoms with van der Waals surface area (Å²) in [5.41, 5.74) is 7.16. The molecule has 2 rings (SSSR count). The number of hydrogen-bond donors (Lipinski definition) is 1. The molecule has 0 heterocycles. The number of benzene rings is 1. The first-order valence-electron chi connectivity index (χ1n) is 6.79. The largest absolute Gasteiger partial charge is 0.334 e. The molecule has 2 N–H and O–H groups in total. The third kappa shape index (κ3) is 3.80. The zero-order valence-electron chi connectivity index (χ0n) is 11.5. The highest BCUT2D eigenvalue weighted by atomic mass is 79.9. The van der Waals surface area contributed by atoms with Crippen molar-refractivity contribution in [1.82, 2.24) is 4.90 Å². The minimum Gasteiger partial charge on any atom is -0.334 e. The Morgan fingerprint density at radius 1 is 1.37 bits per heavy atom. The smallest absolute Gasteiger partial charge is 0.240 e. The first-order valence-corrected chi connectivity index (χ1v) is 7.59. The van der Waals surface area contributed by atoms with Crippen LogP contribution in [0.4, 0.5) is 0 Å². The standard InChI is InChI=1S/C15H21BrN2O/c1-10(2)14(17)15(19)18(13-7-8-13)9-11-3-5-12(16)6-4-11/h3-6,10,13-14H,7-9,17H2,1-2H3/t14-/m0/s1. The quantitative estimate of drug-likeness (QED) is 0.905. The first-order chi connectivity index (χ1) is 8.99. The summed E-state index contributed by atoms with van der Waals surface area (Å²) in [6.07, 6.45) is 2.21. The van der Waals surface area contributed by atoms with Gasteiger partial charge in [-0.2, -0.15) is 0 Å². The van der Waals surface area contributed by atoms with E-state index in [9.17, 15) is 4.79 Å². The topological polar surface area (TPSA) is 46.3 Å². The van der Waals surface area contributed by atoms with Gasteiger partial charge < -0.3 is 10.6 Å². The molecule has 0 bridgehead atoms. The van der Waals surface area contributed by atoms with Crippen LogP contribution in [0.5, 0.6) is 0 Å². The highest BCUT2D eigenvalue weighted by Gasteiger charge is 2.35. The van der Waals surface area contributed by atoms with E-state index in [1.807, 2.05) is 43.0 Å². The molecule has 1 saturated carbocycles. The molecule has 0 radical (unpaired) electrons. The molecule has 1 aromatic rings. The fraction of sp³-hybridized carbons (Fsp3) is 0.533. The van der Waals surface area contributed by atoms with Gasteiger partial charge in [0.15, 0.2) is 0 Å². The number of hydrogen-bond acceptors (Lipinski definition) is 2. The van der Waals surface area contributed by atoms with Crippen LogP contribution < -0.4 is 5.73 Å². The Kier molecular flexibility index (Phi) is 4.63. The van der Waals surface area contributed by atoms with Crippen LogP contribution in [0, 0.1) is 5.92 Å². The summed E-state index contributed by atoms with van der Waals surface area (Å²) in [4.78, 5) is 14.4. The summed E-state index contributed by atoms with van der Waals surface area (Å²) in [5, 5.41) is 0. The Morgan fingerprint density at radius 3 is 2.42 bits per heavy atom. The van der Waals surface area contributed by atoms with Crippen molar-refractivity contribution in [3.8, 4) is 0 Å². The Balaban J connectivity index is 2.08. The number of nitrogens with zero attached hydrogens (tertiary/aromatic N) is 1. The minimum atomic E-state index is -0.393. The van der Waals surface area contributed by atoms with E-state index < -0.39 is 6.04 Å². The Morgan fingerprint density at radius 2 is 1.95 bits per heavy atom. The van der Waals surface area contributed by atoms with Crippen LogP contribution >= 0.6 is 15.9 Å². The molecule has 0 unspecified atom stereocenters. The molecule has 1 aliphatic rings. The van der Waals surface area contributed by atoms with Gasteiger partial charge in [-0.25, -0.2) is 0 Å². The molecule has 0 aliphatic heterocycles. The Hall–Kier alpha value is -0.870. The number of carbonyl (C=O) groups is 1. The maximum absolute atomic E-state index is 12.4. The highest BCUT2D eigenvalue weighted by molar-refractivity contribution is 9.10. The second-order valence-corrected chi connectivity index (χ2v) is 6.51. The van der Waals surface area contributed by atoms with Gasteiger partial charge in [0.1, 0.15) is 0 Å². The van der Waals surface area contributed by atoms with Crippen molar-refractivity contribution in [1.29, 1.82) is 0 Å². The number of halogens is 1. The van der Waals surface area contributed by atoms with Gasteiger partial charge in [0.05, 0.1) is 6.04 Å². The fourth-order valence-electron chi connectivity index (χ4n) is 2.04. The molecular formula is C15H21BrN2O. The number of rotatable bonds is 5. The van der Waals surface area contributed by atoms with E-state index in [1.54, 1.807) is 0 Å². The second kappa shape index (κ2) is 6.06. The minimum absolute atomic E-state index is 0.0837. The molecule has 1 aromatic carbocycles. The van der Waals surface area contributed by atoms with Crippen LogP contribution in [0.1, 0.15) is 32.3 Å². The van der Waals surface area contributed by atoms with E-state index in [-0.39, 0.29) is 11.8 Å². The summed E-state index contributed by atoms with van der Waals surface area (Å²) in [5.74, 6) is 0.263. The van der Waals surface area contributed by atoms with Gasteiger partial charge in [0.25, 0.3) is 0 Å². The SMILES string of the molecule is CC(C)[C@H](N)C(=O)N(Cc1ccc(Br)cc1)C1CC1. The zero-order valence-corrected chi connectivity index (χ0v) is 13.1. The predicted octanol–water partition coefficient (Wildman–Crippen LogP) is 2.92. The molecule has 1 fully saturated rings. The van der Waals surface area contributed by atoms with Crippen molar-refractivity contribution in [2.75, 3.05) is 0 Å². The molecule has 0 aromatic heterocycles. The fourth-order valence-corrected chi connectivity index (χ4v) is 2.30. The van der Waals surface area contributed by atoms with Crippen molar-refractivity contribution in [2.45, 2.75) is 45.3 Å². The van der Waals surface area contributed by atoms with Crippen molar-refractivity contribution >= 4 is 21.8 Å². The van der Waals surface area contributed by atoms with Gasteiger partial charge in [-0.05, 0) is 36.5 Å². The number of carbonyl (C=O) groups excluding carboxylic acids is 1. The summed E-state index contributed by atoms with van der Waals surface area (Å²) >= 11 is 3.42. The Bertz CT molecular complexity index is 440. The zero-order chi connectivity index (χ0) is 14.0. The molecule has 0 spiro atoms.